The highest BCUT2D eigenvalue weighted by Crippen LogP contribution is 2.18. The molecule has 0 spiro atoms. The first-order valence-corrected chi connectivity index (χ1v) is 8.65. The average Bonchev–Trinajstić information content (AvgIpc) is 3.04. The number of hydrogen-bond acceptors (Lipinski definition) is 4. The van der Waals surface area contributed by atoms with Gasteiger partial charge >= 0.3 is 0 Å². The molecule has 0 aliphatic rings. The van der Waals surface area contributed by atoms with Crippen LogP contribution < -0.4 is 10.7 Å². The summed E-state index contributed by atoms with van der Waals surface area (Å²) >= 11 is 1.55. The van der Waals surface area contributed by atoms with Gasteiger partial charge in [0.25, 0.3) is 11.8 Å². The number of hydrogen-bond donors (Lipinski definition) is 2. The van der Waals surface area contributed by atoms with E-state index in [-0.39, 0.29) is 18.4 Å². The summed E-state index contributed by atoms with van der Waals surface area (Å²) in [5.74, 6) is -0.663. The molecule has 1 heterocycles. The Kier molecular flexibility index (Phi) is 5.20. The SMILES string of the molecule is Cc1ccsc1/C=N\NC(=O)CNC(=O)c1cccc2ccccc12. The number of thiophene rings is 1. The molecule has 2 amide bonds. The molecule has 0 atom stereocenters. The number of carbonyl (C=O) groups excluding carboxylic acids is 2. The lowest BCUT2D eigenvalue weighted by Gasteiger charge is -2.07. The first-order chi connectivity index (χ1) is 12.1. The number of amides is 2. The number of nitrogens with one attached hydrogen (secondary N) is 2. The predicted molar refractivity (Wildman–Crippen MR) is 101 cm³/mol. The van der Waals surface area contributed by atoms with E-state index in [0.29, 0.717) is 5.56 Å². The third-order valence-corrected chi connectivity index (χ3v) is 4.67. The number of hydrazone groups is 1. The fourth-order valence-corrected chi connectivity index (χ4v) is 3.18. The second-order valence-electron chi connectivity index (χ2n) is 5.47. The molecule has 25 heavy (non-hydrogen) atoms. The Balaban J connectivity index is 1.57. The van der Waals surface area contributed by atoms with Crippen molar-refractivity contribution >= 4 is 40.1 Å². The minimum absolute atomic E-state index is 0.136. The van der Waals surface area contributed by atoms with E-state index < -0.39 is 0 Å². The quantitative estimate of drug-likeness (QED) is 0.548. The molecular formula is C19H17N3O2S. The van der Waals surface area contributed by atoms with Crippen molar-refractivity contribution in [2.75, 3.05) is 6.54 Å². The Bertz CT molecular complexity index is 941. The van der Waals surface area contributed by atoms with Crippen molar-refractivity contribution in [3.63, 3.8) is 0 Å². The van der Waals surface area contributed by atoms with Crippen LogP contribution in [0.4, 0.5) is 0 Å². The standard InChI is InChI=1S/C19H17N3O2S/c1-13-9-10-25-17(13)11-21-22-18(23)12-20-19(24)16-8-4-6-14-5-2-3-7-15(14)16/h2-11H,12H2,1H3,(H,20,24)(H,22,23)/b21-11-. The molecule has 0 saturated carbocycles. The molecule has 0 aliphatic carbocycles. The number of carbonyl (C=O) groups is 2. The maximum Gasteiger partial charge on any atom is 0.259 e. The minimum atomic E-state index is -0.376. The number of benzene rings is 2. The lowest BCUT2D eigenvalue weighted by atomic mass is 10.0. The zero-order valence-corrected chi connectivity index (χ0v) is 14.5. The van der Waals surface area contributed by atoms with Gasteiger partial charge in [-0.3, -0.25) is 9.59 Å². The Hall–Kier alpha value is -2.99. The highest BCUT2D eigenvalue weighted by Gasteiger charge is 2.10. The van der Waals surface area contributed by atoms with Crippen LogP contribution in [-0.4, -0.2) is 24.6 Å². The van der Waals surface area contributed by atoms with E-state index in [0.717, 1.165) is 21.2 Å². The lowest BCUT2D eigenvalue weighted by molar-refractivity contribution is -0.120. The largest absolute Gasteiger partial charge is 0.343 e. The van der Waals surface area contributed by atoms with Crippen molar-refractivity contribution in [2.45, 2.75) is 6.92 Å². The van der Waals surface area contributed by atoms with Gasteiger partial charge < -0.3 is 5.32 Å². The van der Waals surface area contributed by atoms with Gasteiger partial charge in [0.05, 0.1) is 12.8 Å². The van der Waals surface area contributed by atoms with Crippen LogP contribution in [0.15, 0.2) is 59.0 Å². The van der Waals surface area contributed by atoms with Crippen molar-refractivity contribution in [2.24, 2.45) is 5.10 Å². The summed E-state index contributed by atoms with van der Waals surface area (Å²) < 4.78 is 0. The van der Waals surface area contributed by atoms with Gasteiger partial charge in [0, 0.05) is 10.4 Å². The predicted octanol–water partition coefficient (Wildman–Crippen LogP) is 3.09. The van der Waals surface area contributed by atoms with Crippen molar-refractivity contribution in [1.82, 2.24) is 10.7 Å². The summed E-state index contributed by atoms with van der Waals surface area (Å²) in [5, 5.41) is 10.3. The zero-order chi connectivity index (χ0) is 17.6. The van der Waals surface area contributed by atoms with Gasteiger partial charge in [0.1, 0.15) is 0 Å². The van der Waals surface area contributed by atoms with Crippen LogP contribution >= 0.6 is 11.3 Å². The average molecular weight is 351 g/mol. The molecule has 1 aromatic heterocycles. The lowest BCUT2D eigenvalue weighted by Crippen LogP contribution is -2.35. The van der Waals surface area contributed by atoms with E-state index in [1.54, 1.807) is 23.6 Å². The summed E-state index contributed by atoms with van der Waals surface area (Å²) in [5.41, 5.74) is 4.06. The number of aryl methyl sites for hydroxylation is 1. The molecule has 5 nitrogen and oxygen atoms in total. The highest BCUT2D eigenvalue weighted by molar-refractivity contribution is 7.11. The van der Waals surface area contributed by atoms with Gasteiger partial charge in [-0.2, -0.15) is 5.10 Å². The maximum atomic E-state index is 12.3. The van der Waals surface area contributed by atoms with Crippen LogP contribution in [0, 0.1) is 6.92 Å². The third kappa shape index (κ3) is 4.10. The fourth-order valence-electron chi connectivity index (χ4n) is 2.40. The second-order valence-corrected chi connectivity index (χ2v) is 6.42. The topological polar surface area (TPSA) is 70.6 Å². The van der Waals surface area contributed by atoms with Crippen LogP contribution in [0.2, 0.25) is 0 Å². The molecule has 6 heteroatoms. The van der Waals surface area contributed by atoms with Crippen molar-refractivity contribution in [3.8, 4) is 0 Å². The van der Waals surface area contributed by atoms with E-state index >= 15 is 0 Å². The van der Waals surface area contributed by atoms with Crippen molar-refractivity contribution < 1.29 is 9.59 Å². The van der Waals surface area contributed by atoms with Crippen LogP contribution in [0.3, 0.4) is 0 Å². The third-order valence-electron chi connectivity index (χ3n) is 3.72. The van der Waals surface area contributed by atoms with Crippen molar-refractivity contribution in [1.29, 1.82) is 0 Å². The van der Waals surface area contributed by atoms with Gasteiger partial charge in [-0.25, -0.2) is 5.43 Å². The van der Waals surface area contributed by atoms with Gasteiger partial charge in [-0.1, -0.05) is 36.4 Å². The zero-order valence-electron chi connectivity index (χ0n) is 13.7. The fraction of sp³-hybridized carbons (Fsp3) is 0.105. The van der Waals surface area contributed by atoms with E-state index in [1.807, 2.05) is 54.8 Å². The first-order valence-electron chi connectivity index (χ1n) is 7.77. The highest BCUT2D eigenvalue weighted by atomic mass is 32.1. The molecule has 0 unspecified atom stereocenters. The van der Waals surface area contributed by atoms with Gasteiger partial charge in [0.2, 0.25) is 0 Å². The minimum Gasteiger partial charge on any atom is -0.343 e. The van der Waals surface area contributed by atoms with Crippen LogP contribution in [-0.2, 0) is 4.79 Å². The Labute approximate surface area is 149 Å². The molecule has 126 valence electrons. The number of nitrogens with zero attached hydrogens (tertiary/aromatic N) is 1. The smallest absolute Gasteiger partial charge is 0.259 e. The summed E-state index contributed by atoms with van der Waals surface area (Å²) in [4.78, 5) is 25.1. The molecule has 2 aromatic carbocycles. The summed E-state index contributed by atoms with van der Waals surface area (Å²) in [6.45, 7) is 1.84. The van der Waals surface area contributed by atoms with E-state index in [2.05, 4.69) is 15.8 Å². The van der Waals surface area contributed by atoms with E-state index in [4.69, 9.17) is 0 Å². The number of rotatable bonds is 5. The summed E-state index contributed by atoms with van der Waals surface area (Å²) in [7, 11) is 0. The Morgan fingerprint density at radius 1 is 1.12 bits per heavy atom. The summed E-state index contributed by atoms with van der Waals surface area (Å²) in [6.07, 6.45) is 1.60. The van der Waals surface area contributed by atoms with Crippen LogP contribution in [0.1, 0.15) is 20.8 Å². The maximum absolute atomic E-state index is 12.3. The number of fused-ring (bicyclic) bond motifs is 1. The van der Waals surface area contributed by atoms with Crippen LogP contribution in [0.5, 0.6) is 0 Å². The van der Waals surface area contributed by atoms with Gasteiger partial charge in [0.15, 0.2) is 0 Å². The normalized spacial score (nSPS) is 10.9. The molecule has 0 aliphatic heterocycles. The molecule has 0 bridgehead atoms. The van der Waals surface area contributed by atoms with Crippen LogP contribution in [0.25, 0.3) is 10.8 Å². The molecule has 3 aromatic rings. The Morgan fingerprint density at radius 3 is 2.72 bits per heavy atom. The molecule has 0 saturated heterocycles. The second kappa shape index (κ2) is 7.72. The molecule has 0 fully saturated rings. The Morgan fingerprint density at radius 2 is 1.92 bits per heavy atom. The molecule has 2 N–H and O–H groups in total. The van der Waals surface area contributed by atoms with E-state index in [1.165, 1.54) is 0 Å². The van der Waals surface area contributed by atoms with Crippen molar-refractivity contribution in [3.05, 3.63) is 69.9 Å². The molecular weight excluding hydrogens is 334 g/mol. The molecule has 3 rings (SSSR count). The summed E-state index contributed by atoms with van der Waals surface area (Å²) in [6, 6.07) is 15.1. The van der Waals surface area contributed by atoms with E-state index in [9.17, 15) is 9.59 Å². The molecule has 0 radical (unpaired) electrons. The van der Waals surface area contributed by atoms with Gasteiger partial charge in [-0.15, -0.1) is 11.3 Å². The monoisotopic (exact) mass is 351 g/mol. The van der Waals surface area contributed by atoms with Gasteiger partial charge in [-0.05, 0) is 40.8 Å². The first kappa shape index (κ1) is 16.9.